The molecule has 2 heteroatoms. The molecule has 15 heavy (non-hydrogen) atoms. The Morgan fingerprint density at radius 3 is 2.60 bits per heavy atom. The highest BCUT2D eigenvalue weighted by Gasteiger charge is 2.02. The summed E-state index contributed by atoms with van der Waals surface area (Å²) >= 11 is 9.44. The zero-order chi connectivity index (χ0) is 11.4. The number of allylic oxidation sites excluding steroid dienone is 1. The van der Waals surface area contributed by atoms with Crippen LogP contribution >= 0.6 is 27.5 Å². The molecule has 0 spiro atoms. The molecule has 0 nitrogen and oxygen atoms in total. The molecule has 0 fully saturated rings. The first-order valence-electron chi connectivity index (χ1n) is 5.07. The van der Waals surface area contributed by atoms with Gasteiger partial charge in [0.1, 0.15) is 0 Å². The molecule has 0 aliphatic heterocycles. The number of aryl methyl sites for hydroxylation is 1. The van der Waals surface area contributed by atoms with E-state index in [-0.39, 0.29) is 0 Å². The predicted octanol–water partition coefficient (Wildman–Crippen LogP) is 5.04. The summed E-state index contributed by atoms with van der Waals surface area (Å²) in [6, 6.07) is 6.36. The molecule has 1 aromatic carbocycles. The summed E-state index contributed by atoms with van der Waals surface area (Å²) in [5, 5.41) is 0. The fourth-order valence-corrected chi connectivity index (χ4v) is 2.05. The normalized spacial score (nSPS) is 12.3. The van der Waals surface area contributed by atoms with Gasteiger partial charge in [0.15, 0.2) is 0 Å². The summed E-state index contributed by atoms with van der Waals surface area (Å²) in [5.74, 6) is 1.10. The van der Waals surface area contributed by atoms with E-state index in [1.165, 1.54) is 16.7 Å². The molecule has 0 amide bonds. The van der Waals surface area contributed by atoms with Crippen LogP contribution in [-0.2, 0) is 0 Å². The molecule has 0 heterocycles. The predicted molar refractivity (Wildman–Crippen MR) is 72.4 cm³/mol. The molecule has 1 aromatic rings. The monoisotopic (exact) mass is 286 g/mol. The quantitative estimate of drug-likeness (QED) is 0.684. The van der Waals surface area contributed by atoms with Crippen molar-refractivity contribution in [3.05, 3.63) is 39.4 Å². The maximum atomic E-state index is 5.90. The highest BCUT2D eigenvalue weighted by atomic mass is 79.9. The van der Waals surface area contributed by atoms with Crippen molar-refractivity contribution in [3.63, 3.8) is 0 Å². The Balaban J connectivity index is 3.01. The van der Waals surface area contributed by atoms with Crippen LogP contribution in [0, 0.1) is 12.8 Å². The van der Waals surface area contributed by atoms with Crippen molar-refractivity contribution >= 4 is 33.6 Å². The summed E-state index contributed by atoms with van der Waals surface area (Å²) in [6.07, 6.45) is 2.17. The van der Waals surface area contributed by atoms with Crippen molar-refractivity contribution in [2.45, 2.75) is 20.8 Å². The third kappa shape index (κ3) is 3.66. The Kier molecular flexibility index (Phi) is 4.88. The fourth-order valence-electron chi connectivity index (χ4n) is 1.27. The fraction of sp³-hybridized carbons (Fsp3) is 0.385. The van der Waals surface area contributed by atoms with Crippen LogP contribution in [0.3, 0.4) is 0 Å². The van der Waals surface area contributed by atoms with E-state index in [0.717, 1.165) is 4.47 Å². The van der Waals surface area contributed by atoms with Gasteiger partial charge in [-0.25, -0.2) is 0 Å². The van der Waals surface area contributed by atoms with E-state index < -0.39 is 0 Å². The molecule has 0 saturated heterocycles. The lowest BCUT2D eigenvalue weighted by molar-refractivity contribution is 0.778. The zero-order valence-corrected chi connectivity index (χ0v) is 11.7. The minimum absolute atomic E-state index is 0.502. The molecule has 1 rings (SSSR count). The van der Waals surface area contributed by atoms with Crippen LogP contribution in [0.25, 0.3) is 6.08 Å². The minimum Gasteiger partial charge on any atom is -0.122 e. The standard InChI is InChI=1S/C13H16BrCl/c1-9(2)12(8-15)6-11-5-4-10(3)13(14)7-11/h4-7,9H,8H2,1-3H3/b12-6+. The molecule has 0 aliphatic carbocycles. The lowest BCUT2D eigenvalue weighted by atomic mass is 10.0. The van der Waals surface area contributed by atoms with Gasteiger partial charge in [-0.2, -0.15) is 0 Å². The van der Waals surface area contributed by atoms with Gasteiger partial charge in [0.05, 0.1) is 0 Å². The molecule has 0 aliphatic rings. The van der Waals surface area contributed by atoms with Gasteiger partial charge in [-0.1, -0.05) is 53.6 Å². The largest absolute Gasteiger partial charge is 0.122 e. The molecule has 0 saturated carbocycles. The van der Waals surface area contributed by atoms with E-state index >= 15 is 0 Å². The molecule has 0 atom stereocenters. The van der Waals surface area contributed by atoms with E-state index in [2.05, 4.69) is 61.0 Å². The number of hydrogen-bond acceptors (Lipinski definition) is 0. The average Bonchev–Trinajstić information content (AvgIpc) is 2.19. The molecule has 0 radical (unpaired) electrons. The van der Waals surface area contributed by atoms with Gasteiger partial charge in [-0.05, 0) is 30.0 Å². The maximum absolute atomic E-state index is 5.90. The Labute approximate surface area is 105 Å². The third-order valence-electron chi connectivity index (χ3n) is 2.44. The second-order valence-electron chi connectivity index (χ2n) is 4.02. The van der Waals surface area contributed by atoms with Crippen LogP contribution in [0.2, 0.25) is 0 Å². The highest BCUT2D eigenvalue weighted by molar-refractivity contribution is 9.10. The summed E-state index contributed by atoms with van der Waals surface area (Å²) < 4.78 is 1.15. The van der Waals surface area contributed by atoms with Gasteiger partial charge in [0, 0.05) is 10.4 Å². The van der Waals surface area contributed by atoms with Crippen molar-refractivity contribution < 1.29 is 0 Å². The number of rotatable bonds is 3. The maximum Gasteiger partial charge on any atom is 0.0439 e. The molecular weight excluding hydrogens is 272 g/mol. The first-order valence-corrected chi connectivity index (χ1v) is 6.40. The zero-order valence-electron chi connectivity index (χ0n) is 9.35. The van der Waals surface area contributed by atoms with Gasteiger partial charge < -0.3 is 0 Å². The molecule has 0 unspecified atom stereocenters. The smallest absolute Gasteiger partial charge is 0.0439 e. The Morgan fingerprint density at radius 2 is 2.13 bits per heavy atom. The van der Waals surface area contributed by atoms with Gasteiger partial charge in [0.25, 0.3) is 0 Å². The molecule has 0 bridgehead atoms. The summed E-state index contributed by atoms with van der Waals surface area (Å²) in [4.78, 5) is 0. The van der Waals surface area contributed by atoms with Crippen LogP contribution in [-0.4, -0.2) is 5.88 Å². The third-order valence-corrected chi connectivity index (χ3v) is 3.61. The SMILES string of the molecule is Cc1ccc(/C=C(\CCl)C(C)C)cc1Br. The van der Waals surface area contributed by atoms with Crippen LogP contribution < -0.4 is 0 Å². The summed E-state index contributed by atoms with van der Waals surface area (Å²) in [6.45, 7) is 6.41. The topological polar surface area (TPSA) is 0 Å². The number of alkyl halides is 1. The van der Waals surface area contributed by atoms with E-state index in [4.69, 9.17) is 11.6 Å². The van der Waals surface area contributed by atoms with Crippen LogP contribution in [0.15, 0.2) is 28.2 Å². The van der Waals surface area contributed by atoms with E-state index in [1.807, 2.05) is 0 Å². The number of benzene rings is 1. The molecule has 82 valence electrons. The van der Waals surface area contributed by atoms with Gasteiger partial charge in [-0.3, -0.25) is 0 Å². The Morgan fingerprint density at radius 1 is 1.47 bits per heavy atom. The van der Waals surface area contributed by atoms with Crippen LogP contribution in [0.4, 0.5) is 0 Å². The van der Waals surface area contributed by atoms with Crippen LogP contribution in [0.1, 0.15) is 25.0 Å². The minimum atomic E-state index is 0.502. The summed E-state index contributed by atoms with van der Waals surface area (Å²) in [5.41, 5.74) is 3.73. The first kappa shape index (κ1) is 12.8. The van der Waals surface area contributed by atoms with Crippen LogP contribution in [0.5, 0.6) is 0 Å². The van der Waals surface area contributed by atoms with Crippen molar-refractivity contribution in [2.24, 2.45) is 5.92 Å². The van der Waals surface area contributed by atoms with E-state index in [0.29, 0.717) is 11.8 Å². The van der Waals surface area contributed by atoms with E-state index in [9.17, 15) is 0 Å². The van der Waals surface area contributed by atoms with Gasteiger partial charge in [-0.15, -0.1) is 11.6 Å². The van der Waals surface area contributed by atoms with Crippen molar-refractivity contribution in [1.29, 1.82) is 0 Å². The van der Waals surface area contributed by atoms with Crippen molar-refractivity contribution in [3.8, 4) is 0 Å². The number of hydrogen-bond donors (Lipinski definition) is 0. The summed E-state index contributed by atoms with van der Waals surface area (Å²) in [7, 11) is 0. The van der Waals surface area contributed by atoms with Gasteiger partial charge >= 0.3 is 0 Å². The molecule has 0 aromatic heterocycles. The van der Waals surface area contributed by atoms with E-state index in [1.54, 1.807) is 0 Å². The molecular formula is C13H16BrCl. The number of halogens is 2. The molecule has 0 N–H and O–H groups in total. The highest BCUT2D eigenvalue weighted by Crippen LogP contribution is 2.21. The Bertz CT molecular complexity index is 367. The van der Waals surface area contributed by atoms with Gasteiger partial charge in [0.2, 0.25) is 0 Å². The van der Waals surface area contributed by atoms with Crippen molar-refractivity contribution in [2.75, 3.05) is 5.88 Å². The first-order chi connectivity index (χ1) is 7.04. The second-order valence-corrected chi connectivity index (χ2v) is 5.14. The lowest BCUT2D eigenvalue weighted by Gasteiger charge is -2.08. The lowest BCUT2D eigenvalue weighted by Crippen LogP contribution is -1.95. The van der Waals surface area contributed by atoms with Crippen molar-refractivity contribution in [1.82, 2.24) is 0 Å². The Hall–Kier alpha value is -0.270. The second kappa shape index (κ2) is 5.72. The average molecular weight is 288 g/mol.